The van der Waals surface area contributed by atoms with E-state index in [-0.39, 0.29) is 6.61 Å². The van der Waals surface area contributed by atoms with Crippen LogP contribution in [0.4, 0.5) is 0 Å². The Labute approximate surface area is 116 Å². The summed E-state index contributed by atoms with van der Waals surface area (Å²) < 4.78 is 3.06. The van der Waals surface area contributed by atoms with Crippen LogP contribution in [-0.2, 0) is 14.3 Å². The number of carboxylic acid groups (broad SMARTS) is 1. The lowest BCUT2D eigenvalue weighted by Gasteiger charge is -2.36. The fourth-order valence-electron chi connectivity index (χ4n) is 0.945. The molecule has 0 aliphatic heterocycles. The number of halogens is 3. The number of carbonyl (C=O) groups excluding carboxylic acids is 1. The van der Waals surface area contributed by atoms with E-state index in [1.54, 1.807) is 20.8 Å². The Kier molecular flexibility index (Phi) is 5.76. The molecule has 0 radical (unpaired) electrons. The first kappa shape index (κ1) is 16.2. The van der Waals surface area contributed by atoms with Crippen molar-refractivity contribution in [2.45, 2.75) is 29.4 Å². The fourth-order valence-corrected chi connectivity index (χ4v) is 2.20. The fraction of sp³-hybridized carbons (Fsp3) is 0.778. The van der Waals surface area contributed by atoms with Gasteiger partial charge in [-0.15, -0.1) is 0 Å². The summed E-state index contributed by atoms with van der Waals surface area (Å²) >= 11 is 11.9. The van der Waals surface area contributed by atoms with E-state index in [1.807, 2.05) is 0 Å². The van der Waals surface area contributed by atoms with E-state index in [2.05, 4.69) is 31.9 Å². The molecule has 0 spiro atoms. The molecule has 0 aliphatic carbocycles. The highest BCUT2D eigenvalue weighted by Crippen LogP contribution is 2.47. The number of carboxylic acids is 1. The van der Waals surface area contributed by atoms with Crippen molar-refractivity contribution in [3.8, 4) is 0 Å². The first-order valence-corrected chi connectivity index (χ1v) is 6.59. The predicted molar refractivity (Wildman–Crippen MR) is 68.3 cm³/mol. The van der Waals surface area contributed by atoms with E-state index in [0.717, 1.165) is 0 Å². The molecule has 0 aromatic carbocycles. The van der Waals surface area contributed by atoms with Crippen molar-refractivity contribution in [1.29, 1.82) is 0 Å². The zero-order valence-electron chi connectivity index (χ0n) is 9.09. The van der Waals surface area contributed by atoms with E-state index in [9.17, 15) is 9.59 Å². The lowest BCUT2D eigenvalue weighted by Crippen LogP contribution is -2.49. The Hall–Kier alpha value is 0.190. The lowest BCUT2D eigenvalue weighted by atomic mass is 9.85. The van der Waals surface area contributed by atoms with Crippen LogP contribution in [0.2, 0.25) is 0 Å². The molecule has 0 saturated carbocycles. The van der Waals surface area contributed by atoms with Crippen LogP contribution < -0.4 is 0 Å². The third-order valence-electron chi connectivity index (χ3n) is 2.20. The summed E-state index contributed by atoms with van der Waals surface area (Å²) in [6.07, 6.45) is 0. The molecule has 0 amide bonds. The standard InChI is InChI=1S/C9H13Br2ClO4/c1-4-16-6(13)5(10)8(2,3)9(11,12)7(14)15/h5H,4H2,1-3H3,(H,14,15). The van der Waals surface area contributed by atoms with Gasteiger partial charge in [-0.3, -0.25) is 4.79 Å². The van der Waals surface area contributed by atoms with Crippen molar-refractivity contribution < 1.29 is 19.4 Å². The third kappa shape index (κ3) is 3.11. The summed E-state index contributed by atoms with van der Waals surface area (Å²) in [7, 11) is 0. The molecular weight excluding hydrogens is 367 g/mol. The Morgan fingerprint density at radius 1 is 1.50 bits per heavy atom. The SMILES string of the molecule is CCOC(=O)C(Br)C(C)(C)C(Cl)(Br)C(=O)O. The van der Waals surface area contributed by atoms with Crippen LogP contribution in [-0.4, -0.2) is 32.3 Å². The molecule has 0 rings (SSSR count). The van der Waals surface area contributed by atoms with Gasteiger partial charge in [0.05, 0.1) is 6.61 Å². The van der Waals surface area contributed by atoms with Gasteiger partial charge in [0.1, 0.15) is 4.83 Å². The molecule has 0 aromatic heterocycles. The van der Waals surface area contributed by atoms with Gasteiger partial charge in [0.25, 0.3) is 0 Å². The summed E-state index contributed by atoms with van der Waals surface area (Å²) in [6.45, 7) is 5.00. The van der Waals surface area contributed by atoms with E-state index in [4.69, 9.17) is 21.4 Å². The number of ether oxygens (including phenoxy) is 1. The minimum Gasteiger partial charge on any atom is -0.479 e. The minimum absolute atomic E-state index is 0.224. The Balaban J connectivity index is 5.04. The molecule has 0 heterocycles. The van der Waals surface area contributed by atoms with E-state index in [1.165, 1.54) is 0 Å². The van der Waals surface area contributed by atoms with Gasteiger partial charge < -0.3 is 9.84 Å². The van der Waals surface area contributed by atoms with Crippen LogP contribution in [0.25, 0.3) is 0 Å². The van der Waals surface area contributed by atoms with Gasteiger partial charge in [-0.2, -0.15) is 0 Å². The molecule has 94 valence electrons. The van der Waals surface area contributed by atoms with E-state index >= 15 is 0 Å². The summed E-state index contributed by atoms with van der Waals surface area (Å²) in [5, 5.41) is 8.99. The number of rotatable bonds is 5. The molecule has 0 fully saturated rings. The smallest absolute Gasteiger partial charge is 0.336 e. The van der Waals surface area contributed by atoms with Crippen LogP contribution >= 0.6 is 43.5 Å². The first-order valence-electron chi connectivity index (χ1n) is 4.51. The van der Waals surface area contributed by atoms with E-state index in [0.29, 0.717) is 0 Å². The number of hydrogen-bond acceptors (Lipinski definition) is 3. The summed E-state index contributed by atoms with van der Waals surface area (Å²) in [5.41, 5.74) is -1.08. The van der Waals surface area contributed by atoms with Crippen LogP contribution in [0.3, 0.4) is 0 Å². The zero-order chi connectivity index (χ0) is 13.1. The van der Waals surface area contributed by atoms with Gasteiger partial charge in [-0.25, -0.2) is 4.79 Å². The Bertz CT molecular complexity index is 291. The first-order chi connectivity index (χ1) is 7.09. The summed E-state index contributed by atoms with van der Waals surface area (Å²) in [6, 6.07) is 0. The van der Waals surface area contributed by atoms with Gasteiger partial charge in [0.15, 0.2) is 0 Å². The van der Waals surface area contributed by atoms with Crippen molar-refractivity contribution in [2.75, 3.05) is 6.61 Å². The second-order valence-corrected chi connectivity index (χ2v) is 6.84. The molecule has 0 saturated heterocycles. The van der Waals surface area contributed by atoms with E-state index < -0.39 is 26.0 Å². The number of carbonyl (C=O) groups is 2. The molecule has 2 atom stereocenters. The van der Waals surface area contributed by atoms with Crippen molar-refractivity contribution in [3.05, 3.63) is 0 Å². The Morgan fingerprint density at radius 3 is 2.25 bits per heavy atom. The van der Waals surface area contributed by atoms with Gasteiger partial charge in [0.2, 0.25) is 3.78 Å². The molecule has 2 unspecified atom stereocenters. The maximum absolute atomic E-state index is 11.5. The molecule has 4 nitrogen and oxygen atoms in total. The second kappa shape index (κ2) is 5.69. The maximum Gasteiger partial charge on any atom is 0.336 e. The highest BCUT2D eigenvalue weighted by atomic mass is 79.9. The minimum atomic E-state index is -1.75. The van der Waals surface area contributed by atoms with Gasteiger partial charge in [-0.1, -0.05) is 57.3 Å². The van der Waals surface area contributed by atoms with Crippen LogP contribution in [0.5, 0.6) is 0 Å². The Morgan fingerprint density at radius 2 is 1.94 bits per heavy atom. The third-order valence-corrected chi connectivity index (χ3v) is 5.73. The number of aliphatic carboxylic acids is 1. The largest absolute Gasteiger partial charge is 0.479 e. The number of esters is 1. The molecule has 16 heavy (non-hydrogen) atoms. The van der Waals surface area contributed by atoms with Crippen molar-refractivity contribution in [1.82, 2.24) is 0 Å². The average Bonchev–Trinajstić information content (AvgIpc) is 2.16. The highest BCUT2D eigenvalue weighted by molar-refractivity contribution is 9.11. The van der Waals surface area contributed by atoms with Crippen LogP contribution in [0.15, 0.2) is 0 Å². The molecule has 1 N–H and O–H groups in total. The van der Waals surface area contributed by atoms with Crippen LogP contribution in [0, 0.1) is 5.41 Å². The predicted octanol–water partition coefficient (Wildman–Crippen LogP) is 2.75. The van der Waals surface area contributed by atoms with Crippen LogP contribution in [0.1, 0.15) is 20.8 Å². The van der Waals surface area contributed by atoms with Gasteiger partial charge >= 0.3 is 11.9 Å². The number of hydrogen-bond donors (Lipinski definition) is 1. The molecule has 7 heteroatoms. The quantitative estimate of drug-likeness (QED) is 0.588. The summed E-state index contributed by atoms with van der Waals surface area (Å²) in [5.74, 6) is -1.80. The average molecular weight is 380 g/mol. The van der Waals surface area contributed by atoms with Gasteiger partial charge in [-0.05, 0) is 6.92 Å². The highest BCUT2D eigenvalue weighted by Gasteiger charge is 2.54. The topological polar surface area (TPSA) is 63.6 Å². The maximum atomic E-state index is 11.5. The number of alkyl halides is 3. The normalized spacial score (nSPS) is 17.4. The van der Waals surface area contributed by atoms with Gasteiger partial charge in [0, 0.05) is 5.41 Å². The van der Waals surface area contributed by atoms with Crippen molar-refractivity contribution in [3.63, 3.8) is 0 Å². The lowest BCUT2D eigenvalue weighted by molar-refractivity contribution is -0.146. The molecular formula is C9H13Br2ClO4. The monoisotopic (exact) mass is 378 g/mol. The van der Waals surface area contributed by atoms with Crippen molar-refractivity contribution >= 4 is 55.4 Å². The van der Waals surface area contributed by atoms with Crippen molar-refractivity contribution in [2.24, 2.45) is 5.41 Å². The second-order valence-electron chi connectivity index (χ2n) is 3.72. The zero-order valence-corrected chi connectivity index (χ0v) is 13.0. The molecule has 0 bridgehead atoms. The summed E-state index contributed by atoms with van der Waals surface area (Å²) in [4.78, 5) is 21.7. The molecule has 0 aromatic rings. The molecule has 0 aliphatic rings.